The molecule has 0 radical (unpaired) electrons. The van der Waals surface area contributed by atoms with Gasteiger partial charge in [0.1, 0.15) is 6.04 Å². The van der Waals surface area contributed by atoms with Gasteiger partial charge in [-0.3, -0.25) is 9.59 Å². The molecule has 2 amide bonds. The minimum Gasteiger partial charge on any atom is -0.368 e. The van der Waals surface area contributed by atoms with Gasteiger partial charge in [-0.05, 0) is 12.3 Å². The van der Waals surface area contributed by atoms with Crippen molar-refractivity contribution in [3.63, 3.8) is 0 Å². The summed E-state index contributed by atoms with van der Waals surface area (Å²) in [6.07, 6.45) is 1.91. The molecular formula is C10H17ClN2O2. The van der Waals surface area contributed by atoms with Crippen molar-refractivity contribution in [2.24, 2.45) is 11.7 Å². The molecule has 0 aromatic carbocycles. The lowest BCUT2D eigenvalue weighted by Gasteiger charge is -2.25. The molecule has 5 heteroatoms. The van der Waals surface area contributed by atoms with Gasteiger partial charge in [-0.25, -0.2) is 0 Å². The molecule has 0 aromatic heterocycles. The van der Waals surface area contributed by atoms with E-state index >= 15 is 0 Å². The fraction of sp³-hybridized carbons (Fsp3) is 0.800. The van der Waals surface area contributed by atoms with Crippen molar-refractivity contribution in [1.82, 2.24) is 4.90 Å². The molecule has 0 aliphatic carbocycles. The van der Waals surface area contributed by atoms with E-state index in [1.165, 1.54) is 0 Å². The Morgan fingerprint density at radius 2 is 2.40 bits per heavy atom. The van der Waals surface area contributed by atoms with E-state index in [1.54, 1.807) is 4.90 Å². The third-order valence-corrected chi connectivity index (χ3v) is 3.16. The Hall–Kier alpha value is -0.770. The smallest absolute Gasteiger partial charge is 0.240 e. The normalized spacial score (nSPS) is 23.2. The second kappa shape index (κ2) is 5.35. The highest BCUT2D eigenvalue weighted by molar-refractivity contribution is 6.18. The summed E-state index contributed by atoms with van der Waals surface area (Å²) in [5.74, 6) is 0.205. The zero-order valence-electron chi connectivity index (χ0n) is 8.91. The van der Waals surface area contributed by atoms with Crippen molar-refractivity contribution >= 4 is 23.4 Å². The summed E-state index contributed by atoms with van der Waals surface area (Å²) in [6, 6.07) is -0.448. The molecule has 1 fully saturated rings. The Bertz CT molecular complexity index is 258. The number of likely N-dealkylation sites (tertiary alicyclic amines) is 1. The van der Waals surface area contributed by atoms with E-state index in [2.05, 4.69) is 0 Å². The highest BCUT2D eigenvalue weighted by Crippen LogP contribution is 2.22. The van der Waals surface area contributed by atoms with Crippen LogP contribution in [0.25, 0.3) is 0 Å². The van der Waals surface area contributed by atoms with Gasteiger partial charge in [0.25, 0.3) is 0 Å². The predicted molar refractivity (Wildman–Crippen MR) is 58.4 cm³/mol. The van der Waals surface area contributed by atoms with Crippen LogP contribution < -0.4 is 5.73 Å². The number of hydrogen-bond donors (Lipinski definition) is 1. The van der Waals surface area contributed by atoms with E-state index in [0.717, 1.165) is 6.42 Å². The third kappa shape index (κ3) is 2.84. The summed E-state index contributed by atoms with van der Waals surface area (Å²) < 4.78 is 0. The van der Waals surface area contributed by atoms with Crippen LogP contribution in [0.5, 0.6) is 0 Å². The third-order valence-electron chi connectivity index (χ3n) is 2.72. The topological polar surface area (TPSA) is 63.4 Å². The first-order valence-corrected chi connectivity index (χ1v) is 5.78. The first kappa shape index (κ1) is 12.3. The standard InChI is InChI=1S/C10H17ClN2O2/c1-2-3-8(10(12)15)13-6-7(5-11)4-9(13)14/h7-8H,2-6H2,1H3,(H2,12,15)/t7?,8-/m0/s1. The van der Waals surface area contributed by atoms with Crippen LogP contribution in [-0.2, 0) is 9.59 Å². The number of carbonyl (C=O) groups is 2. The highest BCUT2D eigenvalue weighted by Gasteiger charge is 2.35. The number of halogens is 1. The van der Waals surface area contributed by atoms with E-state index in [-0.39, 0.29) is 11.8 Å². The molecule has 1 heterocycles. The number of primary amides is 1. The lowest BCUT2D eigenvalue weighted by molar-refractivity contribution is -0.136. The van der Waals surface area contributed by atoms with Gasteiger partial charge in [0.05, 0.1) is 0 Å². The van der Waals surface area contributed by atoms with Crippen molar-refractivity contribution in [1.29, 1.82) is 0 Å². The van der Waals surface area contributed by atoms with Gasteiger partial charge in [0.15, 0.2) is 0 Å². The van der Waals surface area contributed by atoms with Crippen molar-refractivity contribution in [3.05, 3.63) is 0 Å². The van der Waals surface area contributed by atoms with Crippen LogP contribution in [0.15, 0.2) is 0 Å². The van der Waals surface area contributed by atoms with Gasteiger partial charge in [-0.15, -0.1) is 11.6 Å². The summed E-state index contributed by atoms with van der Waals surface area (Å²) in [5, 5.41) is 0. The molecule has 86 valence electrons. The van der Waals surface area contributed by atoms with Crippen molar-refractivity contribution in [2.75, 3.05) is 12.4 Å². The number of nitrogens with zero attached hydrogens (tertiary/aromatic N) is 1. The summed E-state index contributed by atoms with van der Waals surface area (Å²) in [7, 11) is 0. The van der Waals surface area contributed by atoms with Crippen LogP contribution in [0.2, 0.25) is 0 Å². The molecule has 1 rings (SSSR count). The van der Waals surface area contributed by atoms with Gasteiger partial charge in [0.2, 0.25) is 11.8 Å². The lowest BCUT2D eigenvalue weighted by Crippen LogP contribution is -2.45. The van der Waals surface area contributed by atoms with Crippen LogP contribution in [-0.4, -0.2) is 35.2 Å². The van der Waals surface area contributed by atoms with Crippen molar-refractivity contribution in [2.45, 2.75) is 32.2 Å². The molecule has 1 saturated heterocycles. The van der Waals surface area contributed by atoms with Crippen LogP contribution in [0.4, 0.5) is 0 Å². The lowest BCUT2D eigenvalue weighted by atomic mass is 10.1. The maximum absolute atomic E-state index is 11.6. The highest BCUT2D eigenvalue weighted by atomic mass is 35.5. The Balaban J connectivity index is 2.68. The van der Waals surface area contributed by atoms with Crippen LogP contribution in [0, 0.1) is 5.92 Å². The molecule has 1 unspecified atom stereocenters. The second-order valence-electron chi connectivity index (χ2n) is 3.98. The fourth-order valence-electron chi connectivity index (χ4n) is 1.94. The predicted octanol–water partition coefficient (Wildman–Crippen LogP) is 0.728. The second-order valence-corrected chi connectivity index (χ2v) is 4.29. The van der Waals surface area contributed by atoms with E-state index in [9.17, 15) is 9.59 Å². The Labute approximate surface area is 94.7 Å². The molecule has 15 heavy (non-hydrogen) atoms. The molecule has 4 nitrogen and oxygen atoms in total. The molecule has 0 saturated carbocycles. The molecular weight excluding hydrogens is 216 g/mol. The summed E-state index contributed by atoms with van der Waals surface area (Å²) >= 11 is 5.70. The number of rotatable bonds is 5. The summed E-state index contributed by atoms with van der Waals surface area (Å²) in [5.41, 5.74) is 5.29. The molecule has 0 bridgehead atoms. The number of amides is 2. The molecule has 2 atom stereocenters. The Morgan fingerprint density at radius 1 is 1.73 bits per heavy atom. The molecule has 1 aliphatic rings. The molecule has 1 aliphatic heterocycles. The number of hydrogen-bond acceptors (Lipinski definition) is 2. The minimum atomic E-state index is -0.448. The van der Waals surface area contributed by atoms with E-state index < -0.39 is 11.9 Å². The maximum atomic E-state index is 11.6. The largest absolute Gasteiger partial charge is 0.368 e. The Morgan fingerprint density at radius 3 is 2.80 bits per heavy atom. The summed E-state index contributed by atoms with van der Waals surface area (Å²) in [6.45, 7) is 2.53. The molecule has 0 spiro atoms. The van der Waals surface area contributed by atoms with E-state index in [0.29, 0.717) is 25.3 Å². The monoisotopic (exact) mass is 232 g/mol. The van der Waals surface area contributed by atoms with Gasteiger partial charge < -0.3 is 10.6 Å². The first-order valence-electron chi connectivity index (χ1n) is 5.24. The van der Waals surface area contributed by atoms with E-state index in [1.807, 2.05) is 6.92 Å². The maximum Gasteiger partial charge on any atom is 0.240 e. The number of nitrogens with two attached hydrogens (primary N) is 1. The van der Waals surface area contributed by atoms with Crippen molar-refractivity contribution < 1.29 is 9.59 Å². The average Bonchev–Trinajstić information content (AvgIpc) is 2.55. The Kier molecular flexibility index (Phi) is 4.39. The average molecular weight is 233 g/mol. The van der Waals surface area contributed by atoms with Gasteiger partial charge in [0, 0.05) is 18.8 Å². The molecule has 2 N–H and O–H groups in total. The van der Waals surface area contributed by atoms with Gasteiger partial charge in [-0.2, -0.15) is 0 Å². The zero-order chi connectivity index (χ0) is 11.4. The quantitative estimate of drug-likeness (QED) is 0.711. The van der Waals surface area contributed by atoms with E-state index in [4.69, 9.17) is 17.3 Å². The summed E-state index contributed by atoms with van der Waals surface area (Å²) in [4.78, 5) is 24.4. The SMILES string of the molecule is CCC[C@@H](C(N)=O)N1CC(CCl)CC1=O. The molecule has 0 aromatic rings. The number of carbonyl (C=O) groups excluding carboxylic acids is 2. The van der Waals surface area contributed by atoms with Crippen LogP contribution >= 0.6 is 11.6 Å². The fourth-order valence-corrected chi connectivity index (χ4v) is 2.14. The van der Waals surface area contributed by atoms with Crippen LogP contribution in [0.1, 0.15) is 26.2 Å². The van der Waals surface area contributed by atoms with Gasteiger partial charge in [-0.1, -0.05) is 13.3 Å². The number of alkyl halides is 1. The van der Waals surface area contributed by atoms with Gasteiger partial charge >= 0.3 is 0 Å². The minimum absolute atomic E-state index is 0.00194. The zero-order valence-corrected chi connectivity index (χ0v) is 9.67. The van der Waals surface area contributed by atoms with Crippen molar-refractivity contribution in [3.8, 4) is 0 Å². The first-order chi connectivity index (χ1) is 7.10. The van der Waals surface area contributed by atoms with Crippen LogP contribution in [0.3, 0.4) is 0 Å².